The number of thioether (sulfide) groups is 1. The molecular formula is C16H20N2O2S. The highest BCUT2D eigenvalue weighted by Gasteiger charge is 2.20. The molecule has 1 saturated carbocycles. The third-order valence-corrected chi connectivity index (χ3v) is 5.15. The monoisotopic (exact) mass is 304 g/mol. The predicted molar refractivity (Wildman–Crippen MR) is 84.8 cm³/mol. The van der Waals surface area contributed by atoms with Crippen LogP contribution in [0.25, 0.3) is 11.0 Å². The number of hydrogen-bond acceptors (Lipinski definition) is 3. The summed E-state index contributed by atoms with van der Waals surface area (Å²) in [6, 6.07) is 6.20. The van der Waals surface area contributed by atoms with Crippen molar-refractivity contribution in [1.82, 2.24) is 9.55 Å². The smallest absolute Gasteiger partial charge is 0.313 e. The van der Waals surface area contributed by atoms with Gasteiger partial charge in [0.15, 0.2) is 5.16 Å². The number of benzene rings is 1. The van der Waals surface area contributed by atoms with E-state index in [1.54, 1.807) is 0 Å². The number of para-hydroxylation sites is 1. The first-order chi connectivity index (χ1) is 10.1. The van der Waals surface area contributed by atoms with Gasteiger partial charge in [0.05, 0.1) is 16.8 Å². The Morgan fingerprint density at radius 1 is 1.43 bits per heavy atom. The van der Waals surface area contributed by atoms with Gasteiger partial charge in [-0.1, -0.05) is 36.7 Å². The molecule has 0 saturated heterocycles. The number of aromatic nitrogens is 2. The fourth-order valence-corrected chi connectivity index (χ4v) is 3.87. The number of rotatable bonds is 5. The fraction of sp³-hybridized carbons (Fsp3) is 0.500. The van der Waals surface area contributed by atoms with Crippen molar-refractivity contribution in [3.05, 3.63) is 23.8 Å². The average molecular weight is 304 g/mol. The van der Waals surface area contributed by atoms with Crippen LogP contribution in [-0.2, 0) is 11.3 Å². The second-order valence-electron chi connectivity index (χ2n) is 5.78. The molecule has 0 atom stereocenters. The van der Waals surface area contributed by atoms with E-state index >= 15 is 0 Å². The molecule has 4 nitrogen and oxygen atoms in total. The van der Waals surface area contributed by atoms with E-state index in [0.717, 1.165) is 28.3 Å². The van der Waals surface area contributed by atoms with E-state index in [0.29, 0.717) is 5.92 Å². The van der Waals surface area contributed by atoms with Crippen LogP contribution in [0.15, 0.2) is 23.4 Å². The Bertz CT molecular complexity index is 660. The van der Waals surface area contributed by atoms with Crippen LogP contribution in [0.2, 0.25) is 0 Å². The van der Waals surface area contributed by atoms with Crippen molar-refractivity contribution in [2.75, 3.05) is 5.75 Å². The summed E-state index contributed by atoms with van der Waals surface area (Å²) < 4.78 is 2.23. The lowest BCUT2D eigenvalue weighted by molar-refractivity contribution is -0.133. The van der Waals surface area contributed by atoms with Gasteiger partial charge in [0.25, 0.3) is 0 Å². The molecule has 0 bridgehead atoms. The maximum atomic E-state index is 10.9. The quantitative estimate of drug-likeness (QED) is 0.856. The van der Waals surface area contributed by atoms with Crippen molar-refractivity contribution in [2.45, 2.75) is 44.3 Å². The minimum atomic E-state index is -0.795. The summed E-state index contributed by atoms with van der Waals surface area (Å²) in [5.74, 6) is -0.0316. The molecule has 21 heavy (non-hydrogen) atoms. The van der Waals surface area contributed by atoms with E-state index in [-0.39, 0.29) is 5.75 Å². The SMILES string of the molecule is Cc1cccc2c1nc(SCC(=O)O)n2CC1CCCC1. The summed E-state index contributed by atoms with van der Waals surface area (Å²) in [7, 11) is 0. The summed E-state index contributed by atoms with van der Waals surface area (Å²) in [6.07, 6.45) is 5.17. The lowest BCUT2D eigenvalue weighted by atomic mass is 10.1. The Morgan fingerprint density at radius 2 is 2.19 bits per heavy atom. The lowest BCUT2D eigenvalue weighted by Crippen LogP contribution is -2.09. The van der Waals surface area contributed by atoms with E-state index in [9.17, 15) is 4.79 Å². The Morgan fingerprint density at radius 3 is 2.90 bits per heavy atom. The molecule has 1 aliphatic carbocycles. The number of nitrogens with zero attached hydrogens (tertiary/aromatic N) is 2. The highest BCUT2D eigenvalue weighted by atomic mass is 32.2. The number of carbonyl (C=O) groups is 1. The van der Waals surface area contributed by atoms with Gasteiger partial charge in [0, 0.05) is 6.54 Å². The third kappa shape index (κ3) is 3.07. The van der Waals surface area contributed by atoms with Crippen molar-refractivity contribution < 1.29 is 9.90 Å². The van der Waals surface area contributed by atoms with E-state index in [2.05, 4.69) is 34.7 Å². The fourth-order valence-electron chi connectivity index (χ4n) is 3.13. The standard InChI is InChI=1S/C16H20N2O2S/c1-11-5-4-8-13-15(11)17-16(21-10-14(19)20)18(13)9-12-6-2-3-7-12/h4-5,8,12H,2-3,6-7,9-10H2,1H3,(H,19,20). The molecule has 1 N–H and O–H groups in total. The maximum Gasteiger partial charge on any atom is 0.313 e. The second kappa shape index (κ2) is 6.10. The Balaban J connectivity index is 1.97. The van der Waals surface area contributed by atoms with E-state index in [4.69, 9.17) is 5.11 Å². The van der Waals surface area contributed by atoms with Crippen molar-refractivity contribution in [2.24, 2.45) is 5.92 Å². The summed E-state index contributed by atoms with van der Waals surface area (Å²) in [4.78, 5) is 15.5. The Kier molecular flexibility index (Phi) is 4.19. The minimum absolute atomic E-state index is 0.0625. The molecular weight excluding hydrogens is 284 g/mol. The van der Waals surface area contributed by atoms with Gasteiger partial charge >= 0.3 is 5.97 Å². The van der Waals surface area contributed by atoms with Crippen LogP contribution in [0.1, 0.15) is 31.2 Å². The van der Waals surface area contributed by atoms with Crippen LogP contribution in [0, 0.1) is 12.8 Å². The van der Waals surface area contributed by atoms with Crippen LogP contribution in [0.3, 0.4) is 0 Å². The Hall–Kier alpha value is -1.49. The summed E-state index contributed by atoms with van der Waals surface area (Å²) in [6.45, 7) is 3.02. The number of aliphatic carboxylic acids is 1. The van der Waals surface area contributed by atoms with Gasteiger partial charge < -0.3 is 9.67 Å². The number of fused-ring (bicyclic) bond motifs is 1. The molecule has 1 aromatic carbocycles. The summed E-state index contributed by atoms with van der Waals surface area (Å²) in [5.41, 5.74) is 3.29. The van der Waals surface area contributed by atoms with E-state index in [1.165, 1.54) is 37.4 Å². The molecule has 0 aliphatic heterocycles. The molecule has 1 aliphatic rings. The Labute approximate surface area is 128 Å². The van der Waals surface area contributed by atoms with Gasteiger partial charge in [0.1, 0.15) is 0 Å². The van der Waals surface area contributed by atoms with Gasteiger partial charge in [-0.15, -0.1) is 0 Å². The van der Waals surface area contributed by atoms with Gasteiger partial charge in [-0.3, -0.25) is 4.79 Å². The normalized spacial score (nSPS) is 15.9. The number of carboxylic acids is 1. The second-order valence-corrected chi connectivity index (χ2v) is 6.72. The lowest BCUT2D eigenvalue weighted by Gasteiger charge is -2.13. The van der Waals surface area contributed by atoms with Gasteiger partial charge in [-0.25, -0.2) is 4.98 Å². The minimum Gasteiger partial charge on any atom is -0.481 e. The molecule has 2 aromatic rings. The zero-order valence-electron chi connectivity index (χ0n) is 12.2. The average Bonchev–Trinajstić information content (AvgIpc) is 3.07. The van der Waals surface area contributed by atoms with Gasteiger partial charge in [0.2, 0.25) is 0 Å². The van der Waals surface area contributed by atoms with Crippen molar-refractivity contribution in [3.63, 3.8) is 0 Å². The molecule has 3 rings (SSSR count). The van der Waals surface area contributed by atoms with E-state index in [1.807, 2.05) is 0 Å². The zero-order chi connectivity index (χ0) is 14.8. The van der Waals surface area contributed by atoms with Crippen LogP contribution < -0.4 is 0 Å². The molecule has 0 radical (unpaired) electrons. The van der Waals surface area contributed by atoms with E-state index < -0.39 is 5.97 Å². The number of hydrogen-bond donors (Lipinski definition) is 1. The van der Waals surface area contributed by atoms with Crippen LogP contribution in [0.4, 0.5) is 0 Å². The molecule has 112 valence electrons. The predicted octanol–water partition coefficient (Wildman–Crippen LogP) is 3.71. The highest BCUT2D eigenvalue weighted by molar-refractivity contribution is 7.99. The highest BCUT2D eigenvalue weighted by Crippen LogP contribution is 2.31. The van der Waals surface area contributed by atoms with Gasteiger partial charge in [-0.2, -0.15) is 0 Å². The van der Waals surface area contributed by atoms with Crippen molar-refractivity contribution in [3.8, 4) is 0 Å². The molecule has 1 heterocycles. The first-order valence-electron chi connectivity index (χ1n) is 7.45. The maximum absolute atomic E-state index is 10.9. The number of imidazole rings is 1. The molecule has 5 heteroatoms. The van der Waals surface area contributed by atoms with Crippen molar-refractivity contribution >= 4 is 28.8 Å². The molecule has 1 fully saturated rings. The largest absolute Gasteiger partial charge is 0.481 e. The first kappa shape index (κ1) is 14.4. The molecule has 1 aromatic heterocycles. The zero-order valence-corrected chi connectivity index (χ0v) is 13.0. The third-order valence-electron chi connectivity index (χ3n) is 4.19. The summed E-state index contributed by atoms with van der Waals surface area (Å²) in [5, 5.41) is 9.76. The topological polar surface area (TPSA) is 55.1 Å². The number of aryl methyl sites for hydroxylation is 1. The molecule has 0 unspecified atom stereocenters. The summed E-state index contributed by atoms with van der Waals surface area (Å²) >= 11 is 1.33. The van der Waals surface area contributed by atoms with Crippen molar-refractivity contribution in [1.29, 1.82) is 0 Å². The van der Waals surface area contributed by atoms with Gasteiger partial charge in [-0.05, 0) is 37.3 Å². The van der Waals surface area contributed by atoms with Crippen LogP contribution in [0.5, 0.6) is 0 Å². The first-order valence-corrected chi connectivity index (χ1v) is 8.44. The van der Waals surface area contributed by atoms with Crippen LogP contribution >= 0.6 is 11.8 Å². The van der Waals surface area contributed by atoms with Crippen LogP contribution in [-0.4, -0.2) is 26.4 Å². The molecule has 0 spiro atoms. The molecule has 0 amide bonds. The number of carboxylic acid groups (broad SMARTS) is 1.